The molecule has 0 aromatic heterocycles. The molecule has 0 unspecified atom stereocenters. The van der Waals surface area contributed by atoms with Crippen LogP contribution < -0.4 is 16.8 Å². The lowest BCUT2D eigenvalue weighted by Gasteiger charge is -2.27. The standard InChI is InChI=1S/C17H28N4O2/c1-17(2,3)23-16(22)20-14-7-8-21(11-14)15(10-18)12-5-4-6-13(19)9-12/h4-6,9,14-15H,7-8,10-11,18-19H2,1-3H3,(H,20,22)/t14-,15-/m0/s1. The van der Waals surface area contributed by atoms with E-state index in [-0.39, 0.29) is 18.2 Å². The van der Waals surface area contributed by atoms with Crippen LogP contribution in [0.15, 0.2) is 24.3 Å². The van der Waals surface area contributed by atoms with Gasteiger partial charge in [-0.1, -0.05) is 12.1 Å². The lowest BCUT2D eigenvalue weighted by molar-refractivity contribution is 0.0504. The summed E-state index contributed by atoms with van der Waals surface area (Å²) in [5.41, 5.74) is 13.2. The normalized spacial score (nSPS) is 20.3. The molecule has 0 spiro atoms. The molecule has 1 heterocycles. The van der Waals surface area contributed by atoms with Gasteiger partial charge in [0.15, 0.2) is 0 Å². The highest BCUT2D eigenvalue weighted by molar-refractivity contribution is 5.68. The highest BCUT2D eigenvalue weighted by atomic mass is 16.6. The Balaban J connectivity index is 1.94. The minimum atomic E-state index is -0.482. The Kier molecular flexibility index (Phi) is 5.49. The summed E-state index contributed by atoms with van der Waals surface area (Å²) in [7, 11) is 0. The van der Waals surface area contributed by atoms with Gasteiger partial charge in [-0.25, -0.2) is 4.79 Å². The van der Waals surface area contributed by atoms with Gasteiger partial charge in [0.2, 0.25) is 0 Å². The fourth-order valence-corrected chi connectivity index (χ4v) is 2.92. The Bertz CT molecular complexity index is 542. The van der Waals surface area contributed by atoms with Crippen molar-refractivity contribution in [3.05, 3.63) is 29.8 Å². The van der Waals surface area contributed by atoms with Crippen LogP contribution in [-0.4, -0.2) is 42.3 Å². The van der Waals surface area contributed by atoms with Gasteiger partial charge in [-0.15, -0.1) is 0 Å². The van der Waals surface area contributed by atoms with E-state index < -0.39 is 5.60 Å². The van der Waals surface area contributed by atoms with Gasteiger partial charge >= 0.3 is 6.09 Å². The summed E-state index contributed by atoms with van der Waals surface area (Å²) < 4.78 is 5.31. The summed E-state index contributed by atoms with van der Waals surface area (Å²) in [5, 5.41) is 2.94. The monoisotopic (exact) mass is 320 g/mol. The SMILES string of the molecule is CC(C)(C)OC(=O)N[C@H]1CCN([C@@H](CN)c2cccc(N)c2)C1. The maximum Gasteiger partial charge on any atom is 0.407 e. The molecule has 1 amide bonds. The molecule has 5 N–H and O–H groups in total. The van der Waals surface area contributed by atoms with E-state index in [0.717, 1.165) is 30.8 Å². The van der Waals surface area contributed by atoms with Gasteiger partial charge in [-0.2, -0.15) is 0 Å². The van der Waals surface area contributed by atoms with E-state index in [1.807, 2.05) is 45.0 Å². The summed E-state index contributed by atoms with van der Waals surface area (Å²) in [4.78, 5) is 14.2. The minimum Gasteiger partial charge on any atom is -0.444 e. The third-order valence-corrected chi connectivity index (χ3v) is 3.90. The molecule has 6 heteroatoms. The van der Waals surface area contributed by atoms with E-state index in [2.05, 4.69) is 10.2 Å². The molecule has 1 saturated heterocycles. The first kappa shape index (κ1) is 17.6. The fraction of sp³-hybridized carbons (Fsp3) is 0.588. The van der Waals surface area contributed by atoms with Gasteiger partial charge in [0.1, 0.15) is 5.60 Å². The molecule has 1 aromatic carbocycles. The average Bonchev–Trinajstić information content (AvgIpc) is 2.85. The number of anilines is 1. The maximum absolute atomic E-state index is 11.9. The van der Waals surface area contributed by atoms with Gasteiger partial charge in [-0.3, -0.25) is 4.90 Å². The van der Waals surface area contributed by atoms with Crippen LogP contribution >= 0.6 is 0 Å². The molecular weight excluding hydrogens is 292 g/mol. The zero-order chi connectivity index (χ0) is 17.0. The number of nitrogens with one attached hydrogen (secondary N) is 1. The molecule has 0 bridgehead atoms. The van der Waals surface area contributed by atoms with Crippen LogP contribution in [0.4, 0.5) is 10.5 Å². The van der Waals surface area contributed by atoms with Crippen LogP contribution in [0.2, 0.25) is 0 Å². The van der Waals surface area contributed by atoms with Crippen LogP contribution in [0.5, 0.6) is 0 Å². The Hall–Kier alpha value is -1.79. The second-order valence-corrected chi connectivity index (χ2v) is 7.05. The van der Waals surface area contributed by atoms with Crippen LogP contribution in [-0.2, 0) is 4.74 Å². The predicted octanol–water partition coefficient (Wildman–Crippen LogP) is 1.87. The number of nitrogens with zero attached hydrogens (tertiary/aromatic N) is 1. The number of ether oxygens (including phenoxy) is 1. The molecule has 1 aliphatic heterocycles. The number of rotatable bonds is 4. The molecule has 1 aromatic rings. The molecular formula is C17H28N4O2. The molecule has 2 rings (SSSR count). The minimum absolute atomic E-state index is 0.0833. The number of alkyl carbamates (subject to hydrolysis) is 1. The van der Waals surface area contributed by atoms with Crippen LogP contribution in [0, 0.1) is 0 Å². The number of nitrogens with two attached hydrogens (primary N) is 2. The second-order valence-electron chi connectivity index (χ2n) is 7.05. The number of nitrogen functional groups attached to an aromatic ring is 1. The number of amides is 1. The van der Waals surface area contributed by atoms with E-state index in [9.17, 15) is 4.79 Å². The summed E-state index contributed by atoms with van der Waals surface area (Å²) in [6, 6.07) is 8.02. The molecule has 23 heavy (non-hydrogen) atoms. The Morgan fingerprint density at radius 2 is 2.22 bits per heavy atom. The first-order chi connectivity index (χ1) is 10.8. The molecule has 1 aliphatic rings. The number of hydrogen-bond acceptors (Lipinski definition) is 5. The van der Waals surface area contributed by atoms with Gasteiger partial charge in [-0.05, 0) is 44.9 Å². The third kappa shape index (κ3) is 5.11. The number of likely N-dealkylation sites (tertiary alicyclic amines) is 1. The Morgan fingerprint density at radius 1 is 1.48 bits per heavy atom. The molecule has 1 fully saturated rings. The Morgan fingerprint density at radius 3 is 2.83 bits per heavy atom. The van der Waals surface area contributed by atoms with Crippen LogP contribution in [0.25, 0.3) is 0 Å². The smallest absolute Gasteiger partial charge is 0.407 e. The molecule has 6 nitrogen and oxygen atoms in total. The molecule has 0 aliphatic carbocycles. The predicted molar refractivity (Wildman–Crippen MR) is 92.0 cm³/mol. The molecule has 0 radical (unpaired) electrons. The maximum atomic E-state index is 11.9. The van der Waals surface area contributed by atoms with Crippen molar-refractivity contribution in [2.45, 2.75) is 44.9 Å². The average molecular weight is 320 g/mol. The zero-order valence-electron chi connectivity index (χ0n) is 14.2. The number of hydrogen-bond donors (Lipinski definition) is 3. The highest BCUT2D eigenvalue weighted by Gasteiger charge is 2.30. The van der Waals surface area contributed by atoms with E-state index in [1.165, 1.54) is 0 Å². The lowest BCUT2D eigenvalue weighted by Crippen LogP contribution is -2.41. The second kappa shape index (κ2) is 7.19. The Labute approximate surface area is 138 Å². The van der Waals surface area contributed by atoms with E-state index in [4.69, 9.17) is 16.2 Å². The summed E-state index contributed by atoms with van der Waals surface area (Å²) in [5.74, 6) is 0. The van der Waals surface area contributed by atoms with Crippen molar-refractivity contribution in [2.75, 3.05) is 25.4 Å². The summed E-state index contributed by atoms with van der Waals surface area (Å²) in [6.45, 7) is 7.74. The topological polar surface area (TPSA) is 93.6 Å². The molecule has 128 valence electrons. The molecule has 2 atom stereocenters. The first-order valence-electron chi connectivity index (χ1n) is 8.07. The van der Waals surface area contributed by atoms with Crippen LogP contribution in [0.1, 0.15) is 38.8 Å². The van der Waals surface area contributed by atoms with E-state index in [1.54, 1.807) is 0 Å². The first-order valence-corrected chi connectivity index (χ1v) is 8.07. The van der Waals surface area contributed by atoms with Crippen molar-refractivity contribution in [1.82, 2.24) is 10.2 Å². The van der Waals surface area contributed by atoms with Crippen molar-refractivity contribution < 1.29 is 9.53 Å². The fourth-order valence-electron chi connectivity index (χ4n) is 2.92. The summed E-state index contributed by atoms with van der Waals surface area (Å²) in [6.07, 6.45) is 0.524. The van der Waals surface area contributed by atoms with Crippen molar-refractivity contribution in [1.29, 1.82) is 0 Å². The quantitative estimate of drug-likeness (QED) is 0.736. The number of carbonyl (C=O) groups is 1. The van der Waals surface area contributed by atoms with Crippen molar-refractivity contribution in [3.8, 4) is 0 Å². The van der Waals surface area contributed by atoms with Crippen molar-refractivity contribution in [3.63, 3.8) is 0 Å². The van der Waals surface area contributed by atoms with Gasteiger partial charge < -0.3 is 21.5 Å². The largest absolute Gasteiger partial charge is 0.444 e. The zero-order valence-corrected chi connectivity index (χ0v) is 14.2. The third-order valence-electron chi connectivity index (χ3n) is 3.90. The number of carbonyl (C=O) groups excluding carboxylic acids is 1. The molecule has 0 saturated carbocycles. The van der Waals surface area contributed by atoms with Gasteiger partial charge in [0, 0.05) is 37.4 Å². The number of benzene rings is 1. The summed E-state index contributed by atoms with van der Waals surface area (Å²) >= 11 is 0. The van der Waals surface area contributed by atoms with Gasteiger partial charge in [0.25, 0.3) is 0 Å². The highest BCUT2D eigenvalue weighted by Crippen LogP contribution is 2.25. The van der Waals surface area contributed by atoms with Crippen molar-refractivity contribution >= 4 is 11.8 Å². The van der Waals surface area contributed by atoms with E-state index >= 15 is 0 Å². The van der Waals surface area contributed by atoms with Gasteiger partial charge in [0.05, 0.1) is 0 Å². The van der Waals surface area contributed by atoms with Crippen molar-refractivity contribution in [2.24, 2.45) is 5.73 Å². The lowest BCUT2D eigenvalue weighted by atomic mass is 10.1. The van der Waals surface area contributed by atoms with Crippen LogP contribution in [0.3, 0.4) is 0 Å². The van der Waals surface area contributed by atoms with E-state index in [0.29, 0.717) is 6.54 Å².